The van der Waals surface area contributed by atoms with Gasteiger partial charge in [-0.1, -0.05) is 31.5 Å². The van der Waals surface area contributed by atoms with Crippen molar-refractivity contribution in [3.63, 3.8) is 0 Å². The fourth-order valence-electron chi connectivity index (χ4n) is 2.27. The van der Waals surface area contributed by atoms with Crippen LogP contribution in [0.25, 0.3) is 21.1 Å². The van der Waals surface area contributed by atoms with Gasteiger partial charge in [-0.25, -0.2) is 4.98 Å². The number of para-hydroxylation sites is 1. The number of fused-ring (bicyclic) bond motifs is 2. The first-order valence-corrected chi connectivity index (χ1v) is 7.88. The summed E-state index contributed by atoms with van der Waals surface area (Å²) in [6.07, 6.45) is 2.02. The number of nitrogens with two attached hydrogens (primary N) is 1. The van der Waals surface area contributed by atoms with Crippen LogP contribution in [0.15, 0.2) is 30.3 Å². The Hall–Kier alpha value is -2.14. The van der Waals surface area contributed by atoms with Crippen LogP contribution in [0, 0.1) is 0 Å². The molecule has 1 amide bonds. The van der Waals surface area contributed by atoms with Crippen LogP contribution in [0.4, 0.5) is 5.69 Å². The predicted molar refractivity (Wildman–Crippen MR) is 88.8 cm³/mol. The first-order valence-electron chi connectivity index (χ1n) is 7.06. The summed E-state index contributed by atoms with van der Waals surface area (Å²) in [5, 5.41) is 4.80. The number of nitrogens with one attached hydrogen (secondary N) is 1. The van der Waals surface area contributed by atoms with Gasteiger partial charge in [-0.2, -0.15) is 0 Å². The summed E-state index contributed by atoms with van der Waals surface area (Å²) in [5.74, 6) is -0.104. The van der Waals surface area contributed by atoms with Crippen molar-refractivity contribution in [3.8, 4) is 0 Å². The third-order valence-electron chi connectivity index (χ3n) is 3.44. The summed E-state index contributed by atoms with van der Waals surface area (Å²) >= 11 is 1.36. The lowest BCUT2D eigenvalue weighted by molar-refractivity contribution is 0.0958. The number of aromatic nitrogens is 1. The van der Waals surface area contributed by atoms with E-state index in [1.807, 2.05) is 30.3 Å². The molecule has 0 aliphatic rings. The molecule has 5 heteroatoms. The molecule has 0 radical (unpaired) electrons. The third kappa shape index (κ3) is 2.56. The molecule has 0 saturated carbocycles. The first-order chi connectivity index (χ1) is 10.2. The summed E-state index contributed by atoms with van der Waals surface area (Å²) in [5.41, 5.74) is 7.60. The number of hydrogen-bond donors (Lipinski definition) is 2. The minimum atomic E-state index is -0.104. The topological polar surface area (TPSA) is 68.0 Å². The van der Waals surface area contributed by atoms with Gasteiger partial charge in [0.05, 0.1) is 11.2 Å². The molecule has 3 N–H and O–H groups in total. The van der Waals surface area contributed by atoms with Gasteiger partial charge in [0.1, 0.15) is 9.71 Å². The quantitative estimate of drug-likeness (QED) is 0.724. The van der Waals surface area contributed by atoms with E-state index in [0.29, 0.717) is 17.1 Å². The number of amides is 1. The van der Waals surface area contributed by atoms with Gasteiger partial charge in [0.2, 0.25) is 0 Å². The summed E-state index contributed by atoms with van der Waals surface area (Å²) in [6.45, 7) is 2.77. The maximum atomic E-state index is 12.2. The van der Waals surface area contributed by atoms with Crippen LogP contribution in [-0.2, 0) is 0 Å². The van der Waals surface area contributed by atoms with Crippen LogP contribution in [0.5, 0.6) is 0 Å². The summed E-state index contributed by atoms with van der Waals surface area (Å²) in [4.78, 5) is 18.2. The molecule has 0 saturated heterocycles. The van der Waals surface area contributed by atoms with E-state index >= 15 is 0 Å². The first kappa shape index (κ1) is 13.8. The normalized spacial score (nSPS) is 11.1. The van der Waals surface area contributed by atoms with Crippen LogP contribution < -0.4 is 11.1 Å². The van der Waals surface area contributed by atoms with Crippen molar-refractivity contribution in [2.75, 3.05) is 12.3 Å². The van der Waals surface area contributed by atoms with Gasteiger partial charge in [0.15, 0.2) is 0 Å². The van der Waals surface area contributed by atoms with Crippen molar-refractivity contribution < 1.29 is 4.79 Å². The smallest absolute Gasteiger partial charge is 0.263 e. The molecule has 3 rings (SSSR count). The van der Waals surface area contributed by atoms with E-state index in [0.717, 1.165) is 34.0 Å². The van der Waals surface area contributed by atoms with Gasteiger partial charge in [-0.15, -0.1) is 11.3 Å². The maximum absolute atomic E-state index is 12.2. The van der Waals surface area contributed by atoms with Gasteiger partial charge in [-0.05, 0) is 18.6 Å². The molecule has 0 atom stereocenters. The fourth-order valence-corrected chi connectivity index (χ4v) is 3.27. The number of rotatable bonds is 4. The van der Waals surface area contributed by atoms with Gasteiger partial charge < -0.3 is 11.1 Å². The summed E-state index contributed by atoms with van der Waals surface area (Å²) in [7, 11) is 0. The lowest BCUT2D eigenvalue weighted by Crippen LogP contribution is -2.24. The second-order valence-electron chi connectivity index (χ2n) is 4.99. The standard InChI is InChI=1S/C16H17N3OS/c1-2-3-8-18-15(20)14-13(17)11-9-10-6-4-5-7-12(10)19-16(11)21-14/h4-7,9H,2-3,8,17H2,1H3,(H,18,20). The van der Waals surface area contributed by atoms with E-state index in [1.54, 1.807) is 0 Å². The largest absolute Gasteiger partial charge is 0.397 e. The zero-order valence-corrected chi connectivity index (χ0v) is 12.7. The Morgan fingerprint density at radius 3 is 3.00 bits per heavy atom. The highest BCUT2D eigenvalue weighted by Gasteiger charge is 2.17. The number of benzene rings is 1. The van der Waals surface area contributed by atoms with Crippen molar-refractivity contribution >= 4 is 44.1 Å². The minimum absolute atomic E-state index is 0.104. The number of carbonyl (C=O) groups is 1. The van der Waals surface area contributed by atoms with Crippen LogP contribution in [0.3, 0.4) is 0 Å². The predicted octanol–water partition coefficient (Wildman–Crippen LogP) is 3.56. The molecule has 2 aromatic heterocycles. The molecular weight excluding hydrogens is 282 g/mol. The molecule has 0 aliphatic carbocycles. The number of thiophene rings is 1. The Morgan fingerprint density at radius 1 is 1.38 bits per heavy atom. The number of hydrogen-bond acceptors (Lipinski definition) is 4. The molecule has 0 spiro atoms. The van der Waals surface area contributed by atoms with E-state index in [4.69, 9.17) is 5.73 Å². The van der Waals surface area contributed by atoms with Crippen molar-refractivity contribution in [2.24, 2.45) is 0 Å². The zero-order valence-electron chi connectivity index (χ0n) is 11.8. The third-order valence-corrected chi connectivity index (χ3v) is 4.56. The highest BCUT2D eigenvalue weighted by Crippen LogP contribution is 2.34. The van der Waals surface area contributed by atoms with Crippen molar-refractivity contribution in [3.05, 3.63) is 35.2 Å². The van der Waals surface area contributed by atoms with E-state index in [2.05, 4.69) is 17.2 Å². The Balaban J connectivity index is 2.02. The van der Waals surface area contributed by atoms with E-state index in [1.165, 1.54) is 11.3 Å². The summed E-state index contributed by atoms with van der Waals surface area (Å²) < 4.78 is 0. The van der Waals surface area contributed by atoms with E-state index in [-0.39, 0.29) is 5.91 Å². The number of nitrogens with zero attached hydrogens (tertiary/aromatic N) is 1. The molecule has 21 heavy (non-hydrogen) atoms. The second kappa shape index (κ2) is 5.69. The Morgan fingerprint density at radius 2 is 2.19 bits per heavy atom. The average Bonchev–Trinajstić information content (AvgIpc) is 2.82. The molecule has 0 unspecified atom stereocenters. The Labute approximate surface area is 127 Å². The lowest BCUT2D eigenvalue weighted by atomic mass is 10.1. The number of anilines is 1. The molecule has 2 heterocycles. The number of unbranched alkanes of at least 4 members (excludes halogenated alkanes) is 1. The molecule has 1 aromatic carbocycles. The van der Waals surface area contributed by atoms with Gasteiger partial charge >= 0.3 is 0 Å². The zero-order chi connectivity index (χ0) is 14.8. The molecule has 0 bridgehead atoms. The van der Waals surface area contributed by atoms with Crippen LogP contribution in [0.1, 0.15) is 29.4 Å². The van der Waals surface area contributed by atoms with Crippen LogP contribution in [-0.4, -0.2) is 17.4 Å². The number of pyridine rings is 1. The van der Waals surface area contributed by atoms with Gasteiger partial charge in [0, 0.05) is 17.3 Å². The van der Waals surface area contributed by atoms with Crippen molar-refractivity contribution in [1.29, 1.82) is 0 Å². The summed E-state index contributed by atoms with van der Waals surface area (Å²) in [6, 6.07) is 9.89. The molecule has 108 valence electrons. The molecule has 0 aliphatic heterocycles. The highest BCUT2D eigenvalue weighted by atomic mass is 32.1. The number of nitrogen functional groups attached to an aromatic ring is 1. The molecule has 3 aromatic rings. The van der Waals surface area contributed by atoms with Crippen LogP contribution in [0.2, 0.25) is 0 Å². The molecule has 4 nitrogen and oxygen atoms in total. The van der Waals surface area contributed by atoms with Crippen LogP contribution >= 0.6 is 11.3 Å². The minimum Gasteiger partial charge on any atom is -0.397 e. The lowest BCUT2D eigenvalue weighted by Gasteiger charge is -2.02. The number of carbonyl (C=O) groups excluding carboxylic acids is 1. The van der Waals surface area contributed by atoms with E-state index < -0.39 is 0 Å². The van der Waals surface area contributed by atoms with E-state index in [9.17, 15) is 4.79 Å². The van der Waals surface area contributed by atoms with Gasteiger partial charge in [0.25, 0.3) is 5.91 Å². The SMILES string of the molecule is CCCCNC(=O)c1sc2nc3ccccc3cc2c1N. The van der Waals surface area contributed by atoms with Gasteiger partial charge in [-0.3, -0.25) is 4.79 Å². The fraction of sp³-hybridized carbons (Fsp3) is 0.250. The Kier molecular flexibility index (Phi) is 3.75. The Bertz CT molecular complexity index is 810. The van der Waals surface area contributed by atoms with Crippen molar-refractivity contribution in [2.45, 2.75) is 19.8 Å². The van der Waals surface area contributed by atoms with Crippen molar-refractivity contribution in [1.82, 2.24) is 10.3 Å². The molecular formula is C16H17N3OS. The highest BCUT2D eigenvalue weighted by molar-refractivity contribution is 7.21. The second-order valence-corrected chi connectivity index (χ2v) is 5.99. The monoisotopic (exact) mass is 299 g/mol. The maximum Gasteiger partial charge on any atom is 0.263 e. The molecule has 0 fully saturated rings. The average molecular weight is 299 g/mol.